The largest absolute Gasteiger partial charge is 0.378 e. The monoisotopic (exact) mass is 265 g/mol. The molecular formula is C16H15N3O. The number of hydrogen-bond donors (Lipinski definition) is 0. The third kappa shape index (κ3) is 1.80. The standard InChI is InChI=1S/C16H15N3O/c1-2-6-14-12(4-1)15-13(5-3-7-17-15)16(18-14)19-8-10-20-11-9-19/h1-7H,8-11H2. The Kier molecular flexibility index (Phi) is 2.74. The smallest absolute Gasteiger partial charge is 0.138 e. The molecule has 4 nitrogen and oxygen atoms in total. The maximum atomic E-state index is 5.44. The highest BCUT2D eigenvalue weighted by Gasteiger charge is 2.17. The van der Waals surface area contributed by atoms with Gasteiger partial charge in [0.25, 0.3) is 0 Å². The van der Waals surface area contributed by atoms with Crippen molar-refractivity contribution in [2.45, 2.75) is 0 Å². The lowest BCUT2D eigenvalue weighted by Gasteiger charge is -2.29. The number of morpholine rings is 1. The van der Waals surface area contributed by atoms with Gasteiger partial charge in [0.15, 0.2) is 0 Å². The summed E-state index contributed by atoms with van der Waals surface area (Å²) in [6.45, 7) is 3.29. The van der Waals surface area contributed by atoms with Crippen molar-refractivity contribution in [3.63, 3.8) is 0 Å². The summed E-state index contributed by atoms with van der Waals surface area (Å²) in [5, 5.41) is 2.23. The average molecular weight is 265 g/mol. The molecule has 0 amide bonds. The van der Waals surface area contributed by atoms with E-state index in [4.69, 9.17) is 9.72 Å². The van der Waals surface area contributed by atoms with Crippen LogP contribution in [0.2, 0.25) is 0 Å². The summed E-state index contributed by atoms with van der Waals surface area (Å²) in [7, 11) is 0. The van der Waals surface area contributed by atoms with Gasteiger partial charge in [-0.3, -0.25) is 4.98 Å². The zero-order valence-electron chi connectivity index (χ0n) is 11.1. The number of pyridine rings is 2. The second-order valence-electron chi connectivity index (χ2n) is 4.95. The summed E-state index contributed by atoms with van der Waals surface area (Å²) < 4.78 is 5.44. The van der Waals surface area contributed by atoms with Crippen LogP contribution in [0.5, 0.6) is 0 Å². The van der Waals surface area contributed by atoms with Gasteiger partial charge in [-0.15, -0.1) is 0 Å². The highest BCUT2D eigenvalue weighted by Crippen LogP contribution is 2.30. The lowest BCUT2D eigenvalue weighted by Crippen LogP contribution is -2.36. The first-order chi connectivity index (χ1) is 9.93. The van der Waals surface area contributed by atoms with Gasteiger partial charge >= 0.3 is 0 Å². The van der Waals surface area contributed by atoms with Crippen LogP contribution in [0, 0.1) is 0 Å². The van der Waals surface area contributed by atoms with E-state index in [1.165, 1.54) is 0 Å². The molecule has 3 aromatic rings. The quantitative estimate of drug-likeness (QED) is 0.634. The fourth-order valence-electron chi connectivity index (χ4n) is 2.76. The molecule has 1 aliphatic heterocycles. The van der Waals surface area contributed by atoms with Gasteiger partial charge < -0.3 is 9.64 Å². The van der Waals surface area contributed by atoms with Crippen LogP contribution in [0.3, 0.4) is 0 Å². The van der Waals surface area contributed by atoms with Crippen LogP contribution in [0.15, 0.2) is 42.6 Å². The molecule has 0 atom stereocenters. The van der Waals surface area contributed by atoms with Crippen LogP contribution in [-0.4, -0.2) is 36.3 Å². The van der Waals surface area contributed by atoms with Crippen molar-refractivity contribution in [2.24, 2.45) is 0 Å². The van der Waals surface area contributed by atoms with Crippen molar-refractivity contribution in [3.05, 3.63) is 42.6 Å². The molecule has 0 bridgehead atoms. The summed E-state index contributed by atoms with van der Waals surface area (Å²) in [5.74, 6) is 1.02. The van der Waals surface area contributed by atoms with Crippen molar-refractivity contribution < 1.29 is 4.74 Å². The first-order valence-electron chi connectivity index (χ1n) is 6.90. The summed E-state index contributed by atoms with van der Waals surface area (Å²) in [4.78, 5) is 11.7. The molecule has 0 saturated carbocycles. The van der Waals surface area contributed by atoms with Crippen molar-refractivity contribution in [1.29, 1.82) is 0 Å². The number of anilines is 1. The number of rotatable bonds is 1. The Labute approximate surface area is 117 Å². The Morgan fingerprint density at radius 1 is 0.950 bits per heavy atom. The Balaban J connectivity index is 2.02. The lowest BCUT2D eigenvalue weighted by atomic mass is 10.1. The van der Waals surface area contributed by atoms with Gasteiger partial charge in [-0.05, 0) is 18.2 Å². The van der Waals surface area contributed by atoms with Gasteiger partial charge in [0.2, 0.25) is 0 Å². The molecule has 3 heterocycles. The van der Waals surface area contributed by atoms with E-state index in [1.54, 1.807) is 0 Å². The maximum absolute atomic E-state index is 5.44. The van der Waals surface area contributed by atoms with E-state index in [2.05, 4.69) is 22.0 Å². The Hall–Kier alpha value is -2.20. The van der Waals surface area contributed by atoms with E-state index in [9.17, 15) is 0 Å². The van der Waals surface area contributed by atoms with Crippen molar-refractivity contribution in [2.75, 3.05) is 31.2 Å². The molecule has 0 spiro atoms. The molecule has 20 heavy (non-hydrogen) atoms. The maximum Gasteiger partial charge on any atom is 0.138 e. The first-order valence-corrected chi connectivity index (χ1v) is 6.90. The Bertz CT molecular complexity index is 766. The van der Waals surface area contributed by atoms with Gasteiger partial charge in [-0.25, -0.2) is 4.98 Å². The number of aromatic nitrogens is 2. The normalized spacial score (nSPS) is 15.9. The van der Waals surface area contributed by atoms with E-state index in [0.717, 1.165) is 53.9 Å². The van der Waals surface area contributed by atoms with E-state index < -0.39 is 0 Å². The molecule has 0 unspecified atom stereocenters. The summed E-state index contributed by atoms with van der Waals surface area (Å²) in [6, 6.07) is 12.3. The topological polar surface area (TPSA) is 38.2 Å². The lowest BCUT2D eigenvalue weighted by molar-refractivity contribution is 0.122. The molecule has 1 fully saturated rings. The van der Waals surface area contributed by atoms with Crippen molar-refractivity contribution in [3.8, 4) is 0 Å². The minimum Gasteiger partial charge on any atom is -0.378 e. The SMILES string of the molecule is c1ccc2c(c1)nc(N1CCOCC1)c1cccnc12. The zero-order chi connectivity index (χ0) is 13.4. The first kappa shape index (κ1) is 11.6. The minimum atomic E-state index is 0.760. The number of benzene rings is 1. The molecule has 0 radical (unpaired) electrons. The third-order valence-corrected chi connectivity index (χ3v) is 3.74. The van der Waals surface area contributed by atoms with E-state index in [-0.39, 0.29) is 0 Å². The molecule has 1 aromatic carbocycles. The average Bonchev–Trinajstić information content (AvgIpc) is 2.55. The number of ether oxygens (including phenoxy) is 1. The number of nitrogens with zero attached hydrogens (tertiary/aromatic N) is 3. The Morgan fingerprint density at radius 2 is 1.75 bits per heavy atom. The van der Waals surface area contributed by atoms with Gasteiger partial charge in [0, 0.05) is 30.1 Å². The zero-order valence-corrected chi connectivity index (χ0v) is 11.1. The molecule has 100 valence electrons. The van der Waals surface area contributed by atoms with Crippen LogP contribution in [0.4, 0.5) is 5.82 Å². The van der Waals surface area contributed by atoms with Crippen LogP contribution in [0.25, 0.3) is 21.8 Å². The molecule has 4 rings (SSSR count). The summed E-state index contributed by atoms with van der Waals surface area (Å²) in [6.07, 6.45) is 1.85. The van der Waals surface area contributed by atoms with Crippen molar-refractivity contribution in [1.82, 2.24) is 9.97 Å². The molecule has 1 aliphatic rings. The van der Waals surface area contributed by atoms with Gasteiger partial charge in [-0.2, -0.15) is 0 Å². The number of hydrogen-bond acceptors (Lipinski definition) is 4. The van der Waals surface area contributed by atoms with E-state index in [0.29, 0.717) is 0 Å². The molecule has 0 N–H and O–H groups in total. The van der Waals surface area contributed by atoms with Crippen LogP contribution in [-0.2, 0) is 4.74 Å². The fourth-order valence-corrected chi connectivity index (χ4v) is 2.76. The highest BCUT2D eigenvalue weighted by atomic mass is 16.5. The molecule has 2 aromatic heterocycles. The second-order valence-corrected chi connectivity index (χ2v) is 4.95. The Morgan fingerprint density at radius 3 is 2.65 bits per heavy atom. The fraction of sp³-hybridized carbons (Fsp3) is 0.250. The number of fused-ring (bicyclic) bond motifs is 3. The third-order valence-electron chi connectivity index (χ3n) is 3.74. The van der Waals surface area contributed by atoms with Gasteiger partial charge in [-0.1, -0.05) is 18.2 Å². The van der Waals surface area contributed by atoms with Crippen molar-refractivity contribution >= 4 is 27.6 Å². The molecule has 0 aliphatic carbocycles. The predicted molar refractivity (Wildman–Crippen MR) is 80.1 cm³/mol. The minimum absolute atomic E-state index is 0.760. The van der Waals surface area contributed by atoms with Crippen LogP contribution < -0.4 is 4.90 Å². The van der Waals surface area contributed by atoms with Crippen LogP contribution >= 0.6 is 0 Å². The number of para-hydroxylation sites is 1. The molecule has 1 saturated heterocycles. The summed E-state index contributed by atoms with van der Waals surface area (Å²) >= 11 is 0. The van der Waals surface area contributed by atoms with Crippen LogP contribution in [0.1, 0.15) is 0 Å². The molecule has 4 heteroatoms. The van der Waals surface area contributed by atoms with Gasteiger partial charge in [0.1, 0.15) is 5.82 Å². The van der Waals surface area contributed by atoms with E-state index in [1.807, 2.05) is 30.5 Å². The van der Waals surface area contributed by atoms with Gasteiger partial charge in [0.05, 0.1) is 24.2 Å². The molecular weight excluding hydrogens is 250 g/mol. The second kappa shape index (κ2) is 4.72. The predicted octanol–water partition coefficient (Wildman–Crippen LogP) is 2.62. The summed E-state index contributed by atoms with van der Waals surface area (Å²) in [5.41, 5.74) is 2.03. The highest BCUT2D eigenvalue weighted by molar-refractivity contribution is 6.07. The van der Waals surface area contributed by atoms with E-state index >= 15 is 0 Å².